The van der Waals surface area contributed by atoms with Crippen LogP contribution in [-0.4, -0.2) is 70.6 Å². The third-order valence-electron chi connectivity index (χ3n) is 9.22. The number of hydrogen-bond donors (Lipinski definition) is 3. The molecule has 1 saturated heterocycles. The highest BCUT2D eigenvalue weighted by molar-refractivity contribution is 6.18. The SMILES string of the molecule is CNc1cc(F)c(F)c2c1[nH]c1ncc(-c3ccc4ccc(C(=O)O)c(=O)n4c3)c(N3CC4CC[C@@H](N(C)C)C4C3)c12. The molecule has 3 atom stereocenters. The first-order chi connectivity index (χ1) is 20.2. The van der Waals surface area contributed by atoms with E-state index in [1.54, 1.807) is 31.6 Å². The number of benzene rings is 1. The molecule has 2 aliphatic rings. The van der Waals surface area contributed by atoms with Crippen LogP contribution < -0.4 is 15.8 Å². The van der Waals surface area contributed by atoms with E-state index in [4.69, 9.17) is 0 Å². The number of carbonyl (C=O) groups is 1. The van der Waals surface area contributed by atoms with E-state index in [0.717, 1.165) is 32.0 Å². The van der Waals surface area contributed by atoms with Crippen molar-refractivity contribution in [2.45, 2.75) is 18.9 Å². The highest BCUT2D eigenvalue weighted by Gasteiger charge is 2.44. The average molecular weight is 573 g/mol. The third-order valence-corrected chi connectivity index (χ3v) is 9.22. The summed E-state index contributed by atoms with van der Waals surface area (Å²) < 4.78 is 31.9. The Balaban J connectivity index is 1.52. The van der Waals surface area contributed by atoms with E-state index < -0.39 is 23.2 Å². The Kier molecular flexibility index (Phi) is 5.98. The van der Waals surface area contributed by atoms with E-state index in [2.05, 4.69) is 39.2 Å². The molecule has 1 aliphatic heterocycles. The van der Waals surface area contributed by atoms with Gasteiger partial charge in [0, 0.05) is 61.3 Å². The molecule has 0 spiro atoms. The number of aromatic nitrogens is 3. The number of nitrogens with one attached hydrogen (secondary N) is 2. The van der Waals surface area contributed by atoms with Crippen LogP contribution in [0.4, 0.5) is 20.2 Å². The molecule has 2 unspecified atom stereocenters. The molecular weight excluding hydrogens is 542 g/mol. The second-order valence-electron chi connectivity index (χ2n) is 11.6. The largest absolute Gasteiger partial charge is 0.477 e. The minimum atomic E-state index is -1.31. The smallest absolute Gasteiger partial charge is 0.341 e. The van der Waals surface area contributed by atoms with Crippen molar-refractivity contribution in [2.75, 3.05) is 44.4 Å². The molecule has 0 bridgehead atoms. The van der Waals surface area contributed by atoms with Gasteiger partial charge in [-0.1, -0.05) is 6.07 Å². The monoisotopic (exact) mass is 572 g/mol. The number of carboxylic acid groups (broad SMARTS) is 1. The fraction of sp³-hybridized carbons (Fsp3) is 0.323. The maximum atomic E-state index is 15.7. The lowest BCUT2D eigenvalue weighted by Crippen LogP contribution is -2.35. The summed E-state index contributed by atoms with van der Waals surface area (Å²) in [7, 11) is 5.85. The van der Waals surface area contributed by atoms with Crippen LogP contribution in [0.5, 0.6) is 0 Å². The highest BCUT2D eigenvalue weighted by atomic mass is 19.2. The van der Waals surface area contributed by atoms with Gasteiger partial charge in [-0.05, 0) is 57.0 Å². The van der Waals surface area contributed by atoms with Gasteiger partial charge in [0.25, 0.3) is 5.56 Å². The summed E-state index contributed by atoms with van der Waals surface area (Å²) >= 11 is 0. The van der Waals surface area contributed by atoms with Crippen LogP contribution in [0, 0.1) is 23.5 Å². The second kappa shape index (κ2) is 9.52. The van der Waals surface area contributed by atoms with Crippen molar-refractivity contribution in [3.63, 3.8) is 0 Å². The van der Waals surface area contributed by atoms with Gasteiger partial charge in [0.15, 0.2) is 11.6 Å². The normalized spacial score (nSPS) is 20.3. The van der Waals surface area contributed by atoms with E-state index in [0.29, 0.717) is 62.4 Å². The van der Waals surface area contributed by atoms with Crippen LogP contribution in [-0.2, 0) is 0 Å². The predicted octanol–water partition coefficient (Wildman–Crippen LogP) is 4.79. The molecule has 7 rings (SSSR count). The molecule has 5 aromatic rings. The van der Waals surface area contributed by atoms with Gasteiger partial charge in [-0.2, -0.15) is 0 Å². The van der Waals surface area contributed by atoms with Crippen molar-refractivity contribution < 1.29 is 18.7 Å². The number of rotatable bonds is 5. The van der Waals surface area contributed by atoms with Crippen molar-refractivity contribution in [1.29, 1.82) is 0 Å². The summed E-state index contributed by atoms with van der Waals surface area (Å²) in [4.78, 5) is 37.1. The van der Waals surface area contributed by atoms with Crippen LogP contribution in [0.2, 0.25) is 0 Å². The molecule has 0 amide bonds. The molecule has 216 valence electrons. The van der Waals surface area contributed by atoms with Crippen molar-refractivity contribution in [3.8, 4) is 11.1 Å². The number of carboxylic acids is 1. The molecule has 0 radical (unpaired) electrons. The van der Waals surface area contributed by atoms with Gasteiger partial charge in [0.05, 0.1) is 27.7 Å². The number of H-pyrrole nitrogens is 1. The Hall–Kier alpha value is -4.51. The number of nitrogens with zero attached hydrogens (tertiary/aromatic N) is 4. The molecule has 9 nitrogen and oxygen atoms in total. The Labute approximate surface area is 239 Å². The molecule has 1 aromatic carbocycles. The summed E-state index contributed by atoms with van der Waals surface area (Å²) in [5.74, 6) is -2.37. The minimum Gasteiger partial charge on any atom is -0.477 e. The third kappa shape index (κ3) is 3.79. The molecule has 1 aliphatic carbocycles. The van der Waals surface area contributed by atoms with Crippen LogP contribution in [0.15, 0.2) is 47.5 Å². The van der Waals surface area contributed by atoms with Gasteiger partial charge in [0.2, 0.25) is 0 Å². The van der Waals surface area contributed by atoms with Crippen molar-refractivity contribution >= 4 is 44.8 Å². The van der Waals surface area contributed by atoms with Gasteiger partial charge in [0.1, 0.15) is 11.2 Å². The number of anilines is 2. The van der Waals surface area contributed by atoms with Gasteiger partial charge in [-0.3, -0.25) is 9.20 Å². The molecule has 11 heteroatoms. The lowest BCUT2D eigenvalue weighted by atomic mass is 9.97. The Morgan fingerprint density at radius 3 is 2.67 bits per heavy atom. The fourth-order valence-corrected chi connectivity index (χ4v) is 7.26. The molecule has 5 heterocycles. The molecule has 1 saturated carbocycles. The van der Waals surface area contributed by atoms with E-state index in [1.165, 1.54) is 10.5 Å². The Bertz CT molecular complexity index is 1980. The van der Waals surface area contributed by atoms with E-state index in [1.807, 2.05) is 6.07 Å². The molecule has 42 heavy (non-hydrogen) atoms. The average Bonchev–Trinajstić information content (AvgIpc) is 3.67. The number of aromatic carboxylic acids is 1. The predicted molar refractivity (Wildman–Crippen MR) is 159 cm³/mol. The van der Waals surface area contributed by atoms with Gasteiger partial charge >= 0.3 is 5.97 Å². The van der Waals surface area contributed by atoms with Crippen molar-refractivity contribution in [3.05, 3.63) is 70.3 Å². The summed E-state index contributed by atoms with van der Waals surface area (Å²) in [6.45, 7) is 1.49. The second-order valence-corrected chi connectivity index (χ2v) is 11.6. The zero-order chi connectivity index (χ0) is 29.4. The van der Waals surface area contributed by atoms with Crippen LogP contribution >= 0.6 is 0 Å². The highest BCUT2D eigenvalue weighted by Crippen LogP contribution is 2.48. The van der Waals surface area contributed by atoms with Crippen LogP contribution in [0.3, 0.4) is 0 Å². The molecule has 3 N–H and O–H groups in total. The maximum Gasteiger partial charge on any atom is 0.341 e. The quantitative estimate of drug-likeness (QED) is 0.278. The lowest BCUT2D eigenvalue weighted by molar-refractivity contribution is 0.0694. The number of aromatic amines is 1. The van der Waals surface area contributed by atoms with Gasteiger partial charge in [-0.25, -0.2) is 18.6 Å². The number of fused-ring (bicyclic) bond motifs is 5. The summed E-state index contributed by atoms with van der Waals surface area (Å²) in [5.41, 5.74) is 2.78. The Morgan fingerprint density at radius 1 is 1.14 bits per heavy atom. The zero-order valence-corrected chi connectivity index (χ0v) is 23.4. The molecule has 4 aromatic heterocycles. The van der Waals surface area contributed by atoms with E-state index in [9.17, 15) is 19.1 Å². The maximum absolute atomic E-state index is 15.7. The topological polar surface area (TPSA) is 106 Å². The number of pyridine rings is 3. The van der Waals surface area contributed by atoms with Gasteiger partial charge < -0.3 is 25.2 Å². The molecular formula is C31H30F2N6O3. The van der Waals surface area contributed by atoms with E-state index in [-0.39, 0.29) is 10.9 Å². The van der Waals surface area contributed by atoms with Crippen molar-refractivity contribution in [2.24, 2.45) is 11.8 Å². The first-order valence-electron chi connectivity index (χ1n) is 14.0. The van der Waals surface area contributed by atoms with Crippen molar-refractivity contribution in [1.82, 2.24) is 19.3 Å². The van der Waals surface area contributed by atoms with Crippen LogP contribution in [0.1, 0.15) is 23.2 Å². The minimum absolute atomic E-state index is 0.117. The standard InChI is InChI=1S/C31H30F2N6O3/c1-34-22-10-21(32)26(33)24-25-28(38-12-15-5-9-23(37(2)3)20(15)14-38)19(11-35-29(25)36-27(22)24)16-4-6-17-7-8-18(31(41)42)30(40)39(17)13-16/h4,6-8,10-11,13,15,20,23,34H,5,9,12,14H2,1-3H3,(H,35,36)(H,41,42)/t15?,20?,23-/m1/s1. The van der Waals surface area contributed by atoms with E-state index >= 15 is 4.39 Å². The summed E-state index contributed by atoms with van der Waals surface area (Å²) in [6, 6.07) is 8.01. The number of halogens is 2. The first kappa shape index (κ1) is 26.4. The van der Waals surface area contributed by atoms with Gasteiger partial charge in [-0.15, -0.1) is 0 Å². The first-order valence-corrected chi connectivity index (χ1v) is 14.0. The summed E-state index contributed by atoms with van der Waals surface area (Å²) in [6.07, 6.45) is 5.48. The lowest BCUT2D eigenvalue weighted by Gasteiger charge is -2.28. The summed E-state index contributed by atoms with van der Waals surface area (Å²) in [5, 5.41) is 13.1. The Morgan fingerprint density at radius 2 is 1.93 bits per heavy atom. The fourth-order valence-electron chi connectivity index (χ4n) is 7.26. The number of hydrogen-bond acceptors (Lipinski definition) is 6. The zero-order valence-electron chi connectivity index (χ0n) is 23.4. The van der Waals surface area contributed by atoms with Crippen LogP contribution in [0.25, 0.3) is 38.6 Å². The molecule has 2 fully saturated rings.